The summed E-state index contributed by atoms with van der Waals surface area (Å²) < 4.78 is 0. The molecule has 0 bridgehead atoms. The van der Waals surface area contributed by atoms with Crippen molar-refractivity contribution in [1.29, 1.82) is 0 Å². The number of rotatable bonds is 5. The van der Waals surface area contributed by atoms with E-state index in [1.165, 1.54) is 18.4 Å². The van der Waals surface area contributed by atoms with Crippen molar-refractivity contribution in [1.82, 2.24) is 10.6 Å². The van der Waals surface area contributed by atoms with Crippen LogP contribution < -0.4 is 10.6 Å². The van der Waals surface area contributed by atoms with Crippen LogP contribution in [0, 0.1) is 5.92 Å². The summed E-state index contributed by atoms with van der Waals surface area (Å²) in [6, 6.07) is 10.8. The summed E-state index contributed by atoms with van der Waals surface area (Å²) in [6.45, 7) is 2.70. The molecule has 0 aliphatic heterocycles. The molecule has 0 heterocycles. The summed E-state index contributed by atoms with van der Waals surface area (Å²) in [5, 5.41) is 6.29. The second-order valence-corrected chi connectivity index (χ2v) is 5.52. The van der Waals surface area contributed by atoms with Gasteiger partial charge in [-0.15, -0.1) is 0 Å². The molecular weight excluding hydrogens is 236 g/mol. The number of hydrogen-bond acceptors (Lipinski definition) is 2. The zero-order valence-electron chi connectivity index (χ0n) is 11.9. The SMILES string of the molecule is CNCC(C)C(=O)NC1CCCC1c1ccccc1. The summed E-state index contributed by atoms with van der Waals surface area (Å²) in [6.07, 6.45) is 3.47. The highest BCUT2D eigenvalue weighted by atomic mass is 16.1. The van der Waals surface area contributed by atoms with Gasteiger partial charge in [-0.05, 0) is 25.5 Å². The molecule has 1 aromatic carbocycles. The van der Waals surface area contributed by atoms with E-state index in [4.69, 9.17) is 0 Å². The molecule has 1 aliphatic rings. The fraction of sp³-hybridized carbons (Fsp3) is 0.562. The zero-order chi connectivity index (χ0) is 13.7. The fourth-order valence-electron chi connectivity index (χ4n) is 2.96. The van der Waals surface area contributed by atoms with Crippen molar-refractivity contribution in [3.05, 3.63) is 35.9 Å². The third kappa shape index (κ3) is 3.57. The lowest BCUT2D eigenvalue weighted by molar-refractivity contribution is -0.125. The Hall–Kier alpha value is -1.35. The molecule has 2 N–H and O–H groups in total. The van der Waals surface area contributed by atoms with Crippen LogP contribution in [-0.2, 0) is 4.79 Å². The Labute approximate surface area is 115 Å². The van der Waals surface area contributed by atoms with Crippen LogP contribution in [0.25, 0.3) is 0 Å². The first kappa shape index (κ1) is 14.1. The number of hydrogen-bond donors (Lipinski definition) is 2. The maximum absolute atomic E-state index is 12.1. The summed E-state index contributed by atoms with van der Waals surface area (Å²) in [4.78, 5) is 12.1. The van der Waals surface area contributed by atoms with Gasteiger partial charge in [0, 0.05) is 24.4 Å². The minimum absolute atomic E-state index is 0.0297. The summed E-state index contributed by atoms with van der Waals surface area (Å²) in [7, 11) is 1.88. The maximum Gasteiger partial charge on any atom is 0.224 e. The van der Waals surface area contributed by atoms with Crippen molar-refractivity contribution in [2.24, 2.45) is 5.92 Å². The molecule has 3 heteroatoms. The number of amides is 1. The van der Waals surface area contributed by atoms with E-state index in [9.17, 15) is 4.79 Å². The van der Waals surface area contributed by atoms with Crippen molar-refractivity contribution >= 4 is 5.91 Å². The van der Waals surface area contributed by atoms with Gasteiger partial charge in [0.2, 0.25) is 5.91 Å². The monoisotopic (exact) mass is 260 g/mol. The highest BCUT2D eigenvalue weighted by molar-refractivity contribution is 5.79. The molecule has 19 heavy (non-hydrogen) atoms. The lowest BCUT2D eigenvalue weighted by Gasteiger charge is -2.23. The molecule has 1 aromatic rings. The van der Waals surface area contributed by atoms with Gasteiger partial charge >= 0.3 is 0 Å². The Morgan fingerprint density at radius 1 is 1.32 bits per heavy atom. The van der Waals surface area contributed by atoms with E-state index in [1.807, 2.05) is 20.0 Å². The van der Waals surface area contributed by atoms with Crippen LogP contribution in [0.1, 0.15) is 37.7 Å². The van der Waals surface area contributed by atoms with Crippen molar-refractivity contribution in [2.75, 3.05) is 13.6 Å². The fourth-order valence-corrected chi connectivity index (χ4v) is 2.96. The van der Waals surface area contributed by atoms with Crippen molar-refractivity contribution in [3.8, 4) is 0 Å². The summed E-state index contributed by atoms with van der Waals surface area (Å²) in [5.41, 5.74) is 1.35. The van der Waals surface area contributed by atoms with Crippen LogP contribution in [0.5, 0.6) is 0 Å². The Morgan fingerprint density at radius 2 is 2.05 bits per heavy atom. The second kappa shape index (κ2) is 6.71. The third-order valence-corrected chi connectivity index (χ3v) is 4.03. The molecule has 1 saturated carbocycles. The van der Waals surface area contributed by atoms with Gasteiger partial charge in [-0.3, -0.25) is 4.79 Å². The number of benzene rings is 1. The van der Waals surface area contributed by atoms with Gasteiger partial charge in [0.15, 0.2) is 0 Å². The average molecular weight is 260 g/mol. The molecule has 3 atom stereocenters. The summed E-state index contributed by atoms with van der Waals surface area (Å²) >= 11 is 0. The van der Waals surface area contributed by atoms with Crippen molar-refractivity contribution < 1.29 is 4.79 Å². The van der Waals surface area contributed by atoms with Crippen LogP contribution in [0.3, 0.4) is 0 Å². The smallest absolute Gasteiger partial charge is 0.224 e. The van der Waals surface area contributed by atoms with Gasteiger partial charge in [0.1, 0.15) is 0 Å². The standard InChI is InChI=1S/C16H24N2O/c1-12(11-17-2)16(19)18-15-10-6-9-14(15)13-7-4-3-5-8-13/h3-5,7-8,12,14-15,17H,6,9-11H2,1-2H3,(H,18,19). The second-order valence-electron chi connectivity index (χ2n) is 5.52. The van der Waals surface area contributed by atoms with Gasteiger partial charge in [-0.2, -0.15) is 0 Å². The third-order valence-electron chi connectivity index (χ3n) is 4.03. The zero-order valence-corrected chi connectivity index (χ0v) is 11.9. The van der Waals surface area contributed by atoms with Gasteiger partial charge in [0.25, 0.3) is 0 Å². The first-order chi connectivity index (χ1) is 9.22. The predicted octanol–water partition coefficient (Wildman–Crippen LogP) is 2.29. The first-order valence-corrected chi connectivity index (χ1v) is 7.22. The predicted molar refractivity (Wildman–Crippen MR) is 78.1 cm³/mol. The molecule has 0 radical (unpaired) electrons. The van der Waals surface area contributed by atoms with Crippen LogP contribution in [-0.4, -0.2) is 25.5 Å². The lowest BCUT2D eigenvalue weighted by atomic mass is 9.93. The largest absolute Gasteiger partial charge is 0.352 e. The van der Waals surface area contributed by atoms with E-state index < -0.39 is 0 Å². The minimum atomic E-state index is 0.0297. The Balaban J connectivity index is 1.98. The molecule has 3 unspecified atom stereocenters. The van der Waals surface area contributed by atoms with Crippen LogP contribution >= 0.6 is 0 Å². The quantitative estimate of drug-likeness (QED) is 0.853. The molecular formula is C16H24N2O. The topological polar surface area (TPSA) is 41.1 Å². The number of nitrogens with one attached hydrogen (secondary N) is 2. The van der Waals surface area contributed by atoms with Gasteiger partial charge in [0.05, 0.1) is 0 Å². The van der Waals surface area contributed by atoms with Crippen LogP contribution in [0.2, 0.25) is 0 Å². The maximum atomic E-state index is 12.1. The van der Waals surface area contributed by atoms with Crippen molar-refractivity contribution in [3.63, 3.8) is 0 Å². The van der Waals surface area contributed by atoms with E-state index in [0.717, 1.165) is 13.0 Å². The molecule has 0 spiro atoms. The molecule has 0 saturated heterocycles. The highest BCUT2D eigenvalue weighted by Crippen LogP contribution is 2.34. The lowest BCUT2D eigenvalue weighted by Crippen LogP contribution is -2.41. The Kier molecular flexibility index (Phi) is 4.97. The number of carbonyl (C=O) groups excluding carboxylic acids is 1. The van der Waals surface area contributed by atoms with Gasteiger partial charge in [-0.1, -0.05) is 43.7 Å². The van der Waals surface area contributed by atoms with Crippen LogP contribution in [0.4, 0.5) is 0 Å². The molecule has 2 rings (SSSR count). The van der Waals surface area contributed by atoms with Crippen molar-refractivity contribution in [2.45, 2.75) is 38.1 Å². The summed E-state index contributed by atoms with van der Waals surface area (Å²) in [5.74, 6) is 0.677. The normalized spacial score (nSPS) is 24.1. The molecule has 1 amide bonds. The first-order valence-electron chi connectivity index (χ1n) is 7.22. The molecule has 1 aliphatic carbocycles. The average Bonchev–Trinajstić information content (AvgIpc) is 2.88. The van der Waals surface area contributed by atoms with Crippen LogP contribution in [0.15, 0.2) is 30.3 Å². The Bertz CT molecular complexity index is 404. The molecule has 0 aromatic heterocycles. The van der Waals surface area contributed by atoms with E-state index in [0.29, 0.717) is 12.0 Å². The molecule has 3 nitrogen and oxygen atoms in total. The van der Waals surface area contributed by atoms with E-state index in [2.05, 4.69) is 34.9 Å². The number of carbonyl (C=O) groups is 1. The Morgan fingerprint density at radius 3 is 2.74 bits per heavy atom. The van der Waals surface area contributed by atoms with E-state index >= 15 is 0 Å². The highest BCUT2D eigenvalue weighted by Gasteiger charge is 2.30. The minimum Gasteiger partial charge on any atom is -0.352 e. The van der Waals surface area contributed by atoms with E-state index in [1.54, 1.807) is 0 Å². The van der Waals surface area contributed by atoms with Gasteiger partial charge < -0.3 is 10.6 Å². The molecule has 104 valence electrons. The van der Waals surface area contributed by atoms with E-state index in [-0.39, 0.29) is 11.8 Å². The molecule has 1 fully saturated rings. The van der Waals surface area contributed by atoms with Gasteiger partial charge in [-0.25, -0.2) is 0 Å².